The molecule has 1 heterocycles. The highest BCUT2D eigenvalue weighted by molar-refractivity contribution is 7.89. The second-order valence-corrected chi connectivity index (χ2v) is 8.96. The molecule has 1 amide bonds. The van der Waals surface area contributed by atoms with Gasteiger partial charge in [-0.15, -0.1) is 0 Å². The van der Waals surface area contributed by atoms with Crippen LogP contribution in [-0.2, 0) is 14.8 Å². The monoisotopic (exact) mass is 406 g/mol. The van der Waals surface area contributed by atoms with E-state index in [0.29, 0.717) is 29.9 Å². The molecule has 28 heavy (non-hydrogen) atoms. The minimum absolute atomic E-state index is 0.128. The number of rotatable bonds is 4. The molecule has 1 N–H and O–H groups in total. The maximum Gasteiger partial charge on any atom is 0.255 e. The van der Waals surface area contributed by atoms with Crippen LogP contribution in [0.25, 0.3) is 0 Å². The van der Waals surface area contributed by atoms with E-state index in [0.717, 1.165) is 0 Å². The van der Waals surface area contributed by atoms with E-state index in [9.17, 15) is 17.6 Å². The molecule has 3 rings (SSSR count). The van der Waals surface area contributed by atoms with Gasteiger partial charge >= 0.3 is 0 Å². The number of benzene rings is 2. The molecule has 0 aliphatic carbocycles. The summed E-state index contributed by atoms with van der Waals surface area (Å²) in [5.41, 5.74) is 1.41. The molecule has 1 aliphatic rings. The third-order valence-corrected chi connectivity index (χ3v) is 6.42. The summed E-state index contributed by atoms with van der Waals surface area (Å²) in [5.74, 6) is -0.774. The summed E-state index contributed by atoms with van der Waals surface area (Å²) in [5, 5.41) is 2.70. The smallest absolute Gasteiger partial charge is 0.255 e. The van der Waals surface area contributed by atoms with Crippen molar-refractivity contribution in [3.63, 3.8) is 0 Å². The highest BCUT2D eigenvalue weighted by Gasteiger charge is 2.32. The number of morpholine rings is 1. The van der Waals surface area contributed by atoms with Gasteiger partial charge in [0.15, 0.2) is 0 Å². The number of halogens is 1. The Morgan fingerprint density at radius 1 is 1.11 bits per heavy atom. The van der Waals surface area contributed by atoms with Gasteiger partial charge in [0.25, 0.3) is 5.91 Å². The number of nitrogens with one attached hydrogen (secondary N) is 1. The van der Waals surface area contributed by atoms with Crippen molar-refractivity contribution in [2.45, 2.75) is 37.9 Å². The standard InChI is InChI=1S/C20H23FN2O4S/c1-13-10-17(21)6-9-19(13)22-20(24)16-4-7-18(8-5-16)28(25,26)23-11-14(2)27-15(3)12-23/h4-10,14-15H,11-12H2,1-3H3,(H,22,24). The van der Waals surface area contributed by atoms with E-state index in [2.05, 4.69) is 5.32 Å². The fraction of sp³-hybridized carbons (Fsp3) is 0.350. The number of anilines is 1. The van der Waals surface area contributed by atoms with Crippen LogP contribution in [0.2, 0.25) is 0 Å². The predicted molar refractivity (Wildman–Crippen MR) is 104 cm³/mol. The Bertz CT molecular complexity index is 966. The summed E-state index contributed by atoms with van der Waals surface area (Å²) in [6, 6.07) is 9.86. The predicted octanol–water partition coefficient (Wildman–Crippen LogP) is 3.18. The van der Waals surface area contributed by atoms with Gasteiger partial charge in [0.1, 0.15) is 5.82 Å². The SMILES string of the molecule is Cc1cc(F)ccc1NC(=O)c1ccc(S(=O)(=O)N2CC(C)OC(C)C2)cc1. The van der Waals surface area contributed by atoms with Gasteiger partial charge in [0.2, 0.25) is 10.0 Å². The van der Waals surface area contributed by atoms with Gasteiger partial charge in [-0.25, -0.2) is 12.8 Å². The minimum Gasteiger partial charge on any atom is -0.373 e. The van der Waals surface area contributed by atoms with Crippen molar-refractivity contribution in [2.75, 3.05) is 18.4 Å². The van der Waals surface area contributed by atoms with Crippen LogP contribution < -0.4 is 5.32 Å². The van der Waals surface area contributed by atoms with Crippen molar-refractivity contribution in [1.29, 1.82) is 0 Å². The topological polar surface area (TPSA) is 75.7 Å². The Hall–Kier alpha value is -2.29. The van der Waals surface area contributed by atoms with Gasteiger partial charge < -0.3 is 10.1 Å². The third-order valence-electron chi connectivity index (χ3n) is 4.58. The fourth-order valence-electron chi connectivity index (χ4n) is 3.22. The van der Waals surface area contributed by atoms with Crippen LogP contribution in [0.5, 0.6) is 0 Å². The summed E-state index contributed by atoms with van der Waals surface area (Å²) in [6.07, 6.45) is -0.356. The Labute approximate surface area is 164 Å². The normalized spacial score (nSPS) is 20.7. The van der Waals surface area contributed by atoms with E-state index >= 15 is 0 Å². The van der Waals surface area contributed by atoms with Gasteiger partial charge in [-0.1, -0.05) is 0 Å². The summed E-state index contributed by atoms with van der Waals surface area (Å²) >= 11 is 0. The maximum atomic E-state index is 13.2. The van der Waals surface area contributed by atoms with E-state index in [1.807, 2.05) is 13.8 Å². The zero-order valence-electron chi connectivity index (χ0n) is 16.0. The summed E-state index contributed by atoms with van der Waals surface area (Å²) in [7, 11) is -3.66. The first-order chi connectivity index (χ1) is 13.2. The lowest BCUT2D eigenvalue weighted by molar-refractivity contribution is -0.0440. The van der Waals surface area contributed by atoms with Crippen molar-refractivity contribution in [2.24, 2.45) is 0 Å². The van der Waals surface area contributed by atoms with Crippen LogP contribution in [0.15, 0.2) is 47.4 Å². The first kappa shape index (κ1) is 20.4. The highest BCUT2D eigenvalue weighted by atomic mass is 32.2. The van der Waals surface area contributed by atoms with Crippen LogP contribution >= 0.6 is 0 Å². The van der Waals surface area contributed by atoms with E-state index in [1.165, 1.54) is 46.8 Å². The van der Waals surface area contributed by atoms with Crippen LogP contribution in [0.3, 0.4) is 0 Å². The first-order valence-electron chi connectivity index (χ1n) is 9.00. The molecule has 2 atom stereocenters. The highest BCUT2D eigenvalue weighted by Crippen LogP contribution is 2.22. The van der Waals surface area contributed by atoms with Gasteiger partial charge in [-0.2, -0.15) is 4.31 Å². The average molecular weight is 406 g/mol. The molecule has 2 aromatic carbocycles. The molecule has 150 valence electrons. The van der Waals surface area contributed by atoms with E-state index < -0.39 is 15.9 Å². The summed E-state index contributed by atoms with van der Waals surface area (Å²) in [4.78, 5) is 12.5. The van der Waals surface area contributed by atoms with Gasteiger partial charge in [0.05, 0.1) is 17.1 Å². The quantitative estimate of drug-likeness (QED) is 0.846. The molecule has 8 heteroatoms. The average Bonchev–Trinajstić information content (AvgIpc) is 2.63. The Balaban J connectivity index is 1.76. The van der Waals surface area contributed by atoms with Crippen molar-refractivity contribution in [3.8, 4) is 0 Å². The number of ether oxygens (including phenoxy) is 1. The molecule has 0 radical (unpaired) electrons. The number of amides is 1. The molecule has 1 fully saturated rings. The zero-order valence-corrected chi connectivity index (χ0v) is 16.8. The molecule has 0 bridgehead atoms. The number of hydrogen-bond donors (Lipinski definition) is 1. The molecule has 0 saturated carbocycles. The first-order valence-corrected chi connectivity index (χ1v) is 10.4. The number of carbonyl (C=O) groups is 1. The molecule has 2 aromatic rings. The van der Waals surface area contributed by atoms with Crippen LogP contribution in [0.4, 0.5) is 10.1 Å². The van der Waals surface area contributed by atoms with E-state index in [4.69, 9.17) is 4.74 Å². The lowest BCUT2D eigenvalue weighted by atomic mass is 10.1. The molecule has 1 saturated heterocycles. The number of aryl methyl sites for hydroxylation is 1. The van der Waals surface area contributed by atoms with Crippen molar-refractivity contribution >= 4 is 21.6 Å². The van der Waals surface area contributed by atoms with Crippen molar-refractivity contribution in [1.82, 2.24) is 4.31 Å². The third kappa shape index (κ3) is 4.40. The van der Waals surface area contributed by atoms with Crippen molar-refractivity contribution in [3.05, 3.63) is 59.4 Å². The molecular formula is C20H23FN2O4S. The molecular weight excluding hydrogens is 383 g/mol. The number of sulfonamides is 1. The Morgan fingerprint density at radius 2 is 1.71 bits per heavy atom. The maximum absolute atomic E-state index is 13.2. The molecule has 2 unspecified atom stereocenters. The molecule has 0 spiro atoms. The second kappa shape index (κ2) is 7.98. The minimum atomic E-state index is -3.66. The number of nitrogens with zero attached hydrogens (tertiary/aromatic N) is 1. The Morgan fingerprint density at radius 3 is 2.29 bits per heavy atom. The Kier molecular flexibility index (Phi) is 5.83. The second-order valence-electron chi connectivity index (χ2n) is 7.02. The number of hydrogen-bond acceptors (Lipinski definition) is 4. The van der Waals surface area contributed by atoms with Crippen molar-refractivity contribution < 1.29 is 22.3 Å². The lowest BCUT2D eigenvalue weighted by Gasteiger charge is -2.34. The largest absolute Gasteiger partial charge is 0.373 e. The van der Waals surface area contributed by atoms with Gasteiger partial charge in [-0.3, -0.25) is 4.79 Å². The van der Waals surface area contributed by atoms with E-state index in [-0.39, 0.29) is 22.9 Å². The van der Waals surface area contributed by atoms with E-state index in [1.54, 1.807) is 6.92 Å². The summed E-state index contributed by atoms with van der Waals surface area (Å²) in [6.45, 7) is 5.95. The molecule has 0 aromatic heterocycles. The number of carbonyl (C=O) groups excluding carboxylic acids is 1. The van der Waals surface area contributed by atoms with Crippen LogP contribution in [0, 0.1) is 12.7 Å². The zero-order chi connectivity index (χ0) is 20.5. The van der Waals surface area contributed by atoms with Crippen LogP contribution in [0.1, 0.15) is 29.8 Å². The molecule has 1 aliphatic heterocycles. The fourth-order valence-corrected chi connectivity index (χ4v) is 4.81. The lowest BCUT2D eigenvalue weighted by Crippen LogP contribution is -2.48. The van der Waals surface area contributed by atoms with Gasteiger partial charge in [-0.05, 0) is 68.8 Å². The van der Waals surface area contributed by atoms with Gasteiger partial charge in [0, 0.05) is 24.3 Å². The van der Waals surface area contributed by atoms with Crippen LogP contribution in [-0.4, -0.2) is 43.9 Å². The summed E-state index contributed by atoms with van der Waals surface area (Å²) < 4.78 is 45.9. The molecule has 6 nitrogen and oxygen atoms in total.